The summed E-state index contributed by atoms with van der Waals surface area (Å²) in [6.45, 7) is 2.70. The van der Waals surface area contributed by atoms with Gasteiger partial charge in [-0.2, -0.15) is 0 Å². The van der Waals surface area contributed by atoms with E-state index in [0.717, 1.165) is 15.9 Å². The van der Waals surface area contributed by atoms with Crippen LogP contribution in [0.5, 0.6) is 5.75 Å². The number of hydrogen-bond acceptors (Lipinski definition) is 3. The van der Waals surface area contributed by atoms with E-state index in [9.17, 15) is 4.79 Å². The van der Waals surface area contributed by atoms with Crippen molar-refractivity contribution in [2.45, 2.75) is 19.5 Å². The Bertz CT molecular complexity index is 916. The van der Waals surface area contributed by atoms with Crippen LogP contribution in [0.15, 0.2) is 53.4 Å². The summed E-state index contributed by atoms with van der Waals surface area (Å²) >= 11 is 3.44. The summed E-state index contributed by atoms with van der Waals surface area (Å²) in [5.74, 6) is 1.26. The summed E-state index contributed by atoms with van der Waals surface area (Å²) in [6, 6.07) is 9.02. The van der Waals surface area contributed by atoms with Crippen LogP contribution in [0.3, 0.4) is 0 Å². The molecule has 0 aliphatic carbocycles. The summed E-state index contributed by atoms with van der Waals surface area (Å²) < 4.78 is 10.2. The molecule has 0 saturated heterocycles. The number of aryl methyl sites for hydroxylation is 2. The molecular weight excluding hydrogens is 396 g/mol. The molecule has 2 heterocycles. The van der Waals surface area contributed by atoms with Gasteiger partial charge in [0.15, 0.2) is 0 Å². The third-order valence-corrected chi connectivity index (χ3v) is 4.71. The zero-order valence-corrected chi connectivity index (χ0v) is 16.5. The van der Waals surface area contributed by atoms with Gasteiger partial charge in [-0.25, -0.2) is 4.98 Å². The number of rotatable bonds is 6. The van der Waals surface area contributed by atoms with Gasteiger partial charge in [-0.15, -0.1) is 0 Å². The maximum atomic E-state index is 13.0. The Morgan fingerprint density at radius 2 is 2.15 bits per heavy atom. The number of imidazole rings is 1. The van der Waals surface area contributed by atoms with Gasteiger partial charge in [0.05, 0.1) is 7.11 Å². The van der Waals surface area contributed by atoms with E-state index in [-0.39, 0.29) is 5.91 Å². The number of para-hydroxylation sites is 1. The van der Waals surface area contributed by atoms with Gasteiger partial charge in [-0.05, 0) is 35.0 Å². The molecular formula is C19H21BrN4O2. The molecule has 1 aromatic carbocycles. The van der Waals surface area contributed by atoms with Crippen LogP contribution in [-0.4, -0.2) is 27.1 Å². The molecule has 0 fully saturated rings. The van der Waals surface area contributed by atoms with Crippen LogP contribution in [0.25, 0.3) is 0 Å². The minimum Gasteiger partial charge on any atom is -0.496 e. The minimum absolute atomic E-state index is 0.170. The summed E-state index contributed by atoms with van der Waals surface area (Å²) in [7, 11) is 3.53. The van der Waals surface area contributed by atoms with E-state index in [1.54, 1.807) is 13.3 Å². The number of carbonyl (C=O) groups excluding carboxylic acids is 1. The number of carbonyl (C=O) groups is 1. The third kappa shape index (κ3) is 3.53. The molecule has 0 aliphatic rings. The lowest BCUT2D eigenvalue weighted by Gasteiger charge is -2.21. The van der Waals surface area contributed by atoms with Crippen molar-refractivity contribution in [2.24, 2.45) is 7.05 Å². The molecule has 3 aromatic rings. The van der Waals surface area contributed by atoms with Crippen LogP contribution in [0, 0.1) is 0 Å². The highest BCUT2D eigenvalue weighted by Gasteiger charge is 2.25. The molecule has 1 amide bonds. The number of amides is 1. The lowest BCUT2D eigenvalue weighted by Crippen LogP contribution is -2.32. The molecule has 0 spiro atoms. The molecule has 6 nitrogen and oxygen atoms in total. The Morgan fingerprint density at radius 3 is 2.81 bits per heavy atom. The van der Waals surface area contributed by atoms with Crippen LogP contribution < -0.4 is 10.1 Å². The Balaban J connectivity index is 2.02. The van der Waals surface area contributed by atoms with Crippen molar-refractivity contribution >= 4 is 21.8 Å². The highest BCUT2D eigenvalue weighted by Crippen LogP contribution is 2.29. The second-order valence-corrected chi connectivity index (χ2v) is 6.79. The number of benzene rings is 1. The Kier molecular flexibility index (Phi) is 5.46. The van der Waals surface area contributed by atoms with Gasteiger partial charge >= 0.3 is 0 Å². The largest absolute Gasteiger partial charge is 0.496 e. The second-order valence-electron chi connectivity index (χ2n) is 5.87. The molecule has 0 aliphatic heterocycles. The molecule has 26 heavy (non-hydrogen) atoms. The van der Waals surface area contributed by atoms with E-state index in [4.69, 9.17) is 4.74 Å². The average Bonchev–Trinajstić information content (AvgIpc) is 3.24. The van der Waals surface area contributed by atoms with E-state index in [0.29, 0.717) is 18.0 Å². The van der Waals surface area contributed by atoms with E-state index in [2.05, 4.69) is 26.2 Å². The summed E-state index contributed by atoms with van der Waals surface area (Å²) in [4.78, 5) is 17.4. The summed E-state index contributed by atoms with van der Waals surface area (Å²) in [5, 5.41) is 3.11. The van der Waals surface area contributed by atoms with Gasteiger partial charge in [0, 0.05) is 42.2 Å². The van der Waals surface area contributed by atoms with Gasteiger partial charge in [0.2, 0.25) is 0 Å². The third-order valence-electron chi connectivity index (χ3n) is 4.28. The number of nitrogens with zero attached hydrogens (tertiary/aromatic N) is 3. The lowest BCUT2D eigenvalue weighted by atomic mass is 10.0. The van der Waals surface area contributed by atoms with Crippen LogP contribution in [0.4, 0.5) is 0 Å². The number of aromatic nitrogens is 3. The Morgan fingerprint density at radius 1 is 1.38 bits per heavy atom. The van der Waals surface area contributed by atoms with E-state index >= 15 is 0 Å². The molecule has 3 rings (SSSR count). The zero-order valence-electron chi connectivity index (χ0n) is 14.9. The van der Waals surface area contributed by atoms with Crippen LogP contribution in [-0.2, 0) is 13.6 Å². The topological polar surface area (TPSA) is 61.1 Å². The van der Waals surface area contributed by atoms with Crippen molar-refractivity contribution in [1.29, 1.82) is 0 Å². The molecule has 136 valence electrons. The minimum atomic E-state index is -0.433. The first-order chi connectivity index (χ1) is 12.5. The number of hydrogen-bond donors (Lipinski definition) is 1. The first-order valence-corrected chi connectivity index (χ1v) is 9.11. The number of halogens is 1. The van der Waals surface area contributed by atoms with Gasteiger partial charge in [-0.3, -0.25) is 4.79 Å². The monoisotopic (exact) mass is 416 g/mol. The van der Waals surface area contributed by atoms with Gasteiger partial charge in [-0.1, -0.05) is 18.2 Å². The van der Waals surface area contributed by atoms with Crippen molar-refractivity contribution < 1.29 is 9.53 Å². The smallest absolute Gasteiger partial charge is 0.268 e. The zero-order chi connectivity index (χ0) is 18.7. The lowest BCUT2D eigenvalue weighted by molar-refractivity contribution is 0.0931. The maximum Gasteiger partial charge on any atom is 0.268 e. The highest BCUT2D eigenvalue weighted by molar-refractivity contribution is 9.10. The maximum absolute atomic E-state index is 13.0. The van der Waals surface area contributed by atoms with Crippen LogP contribution >= 0.6 is 15.9 Å². The molecule has 0 bridgehead atoms. The quantitative estimate of drug-likeness (QED) is 0.668. The Hall–Kier alpha value is -2.54. The fraction of sp³-hybridized carbons (Fsp3) is 0.263. The Labute approximate surface area is 160 Å². The number of nitrogens with one attached hydrogen (secondary N) is 1. The van der Waals surface area contributed by atoms with Crippen LogP contribution in [0.2, 0.25) is 0 Å². The SMILES string of the molecule is CCn1cc(Br)cc1C(=O)NC(c1ccccc1OC)c1nccn1C. The number of ether oxygens (including phenoxy) is 1. The predicted molar refractivity (Wildman–Crippen MR) is 103 cm³/mol. The van der Waals surface area contributed by atoms with Crippen molar-refractivity contribution in [2.75, 3.05) is 7.11 Å². The fourth-order valence-electron chi connectivity index (χ4n) is 2.97. The molecule has 1 N–H and O–H groups in total. The molecule has 2 aromatic heterocycles. The molecule has 7 heteroatoms. The van der Waals surface area contributed by atoms with Gasteiger partial charge < -0.3 is 19.2 Å². The van der Waals surface area contributed by atoms with E-state index in [1.165, 1.54) is 0 Å². The van der Waals surface area contributed by atoms with Gasteiger partial charge in [0.25, 0.3) is 5.91 Å². The second kappa shape index (κ2) is 7.78. The highest BCUT2D eigenvalue weighted by atomic mass is 79.9. The molecule has 1 atom stereocenters. The van der Waals surface area contributed by atoms with Crippen molar-refractivity contribution in [1.82, 2.24) is 19.4 Å². The predicted octanol–water partition coefficient (Wildman–Crippen LogP) is 3.53. The molecule has 0 saturated carbocycles. The first-order valence-electron chi connectivity index (χ1n) is 8.31. The first kappa shape index (κ1) is 18.3. The number of methoxy groups -OCH3 is 1. The van der Waals surface area contributed by atoms with E-state index < -0.39 is 6.04 Å². The molecule has 0 radical (unpaired) electrons. The van der Waals surface area contributed by atoms with Crippen molar-refractivity contribution in [3.63, 3.8) is 0 Å². The van der Waals surface area contributed by atoms with Crippen molar-refractivity contribution in [3.8, 4) is 5.75 Å². The van der Waals surface area contributed by atoms with E-state index in [1.807, 2.05) is 65.8 Å². The average molecular weight is 417 g/mol. The van der Waals surface area contributed by atoms with Gasteiger partial charge in [0.1, 0.15) is 23.3 Å². The summed E-state index contributed by atoms with van der Waals surface area (Å²) in [5.41, 5.74) is 1.44. The summed E-state index contributed by atoms with van der Waals surface area (Å²) in [6.07, 6.45) is 5.47. The normalized spacial score (nSPS) is 12.0. The van der Waals surface area contributed by atoms with Crippen molar-refractivity contribution in [3.05, 3.63) is 70.5 Å². The standard InChI is InChI=1S/C19H21BrN4O2/c1-4-24-12-13(20)11-15(24)19(25)22-17(18-21-9-10-23(18)2)14-7-5-6-8-16(14)26-3/h5-12,17H,4H2,1-3H3,(H,22,25). The van der Waals surface area contributed by atoms with Crippen LogP contribution in [0.1, 0.15) is 34.8 Å². The fourth-order valence-corrected chi connectivity index (χ4v) is 3.44. The molecule has 1 unspecified atom stereocenters.